The summed E-state index contributed by atoms with van der Waals surface area (Å²) >= 11 is 0. The van der Waals surface area contributed by atoms with Gasteiger partial charge < -0.3 is 5.32 Å². The lowest BCUT2D eigenvalue weighted by atomic mass is 9.81. The van der Waals surface area contributed by atoms with E-state index in [2.05, 4.69) is 43.2 Å². The van der Waals surface area contributed by atoms with Crippen molar-refractivity contribution in [2.24, 2.45) is 11.8 Å². The minimum absolute atomic E-state index is 0.632. The maximum absolute atomic E-state index is 4.42. The van der Waals surface area contributed by atoms with E-state index < -0.39 is 0 Å². The Kier molecular flexibility index (Phi) is 3.22. The van der Waals surface area contributed by atoms with Gasteiger partial charge in [0.2, 0.25) is 0 Å². The first-order chi connectivity index (χ1) is 7.58. The van der Waals surface area contributed by atoms with Gasteiger partial charge >= 0.3 is 0 Å². The molecule has 0 spiro atoms. The third kappa shape index (κ3) is 2.23. The molecule has 90 valence electrons. The van der Waals surface area contributed by atoms with Crippen LogP contribution in [0.3, 0.4) is 0 Å². The molecule has 0 amide bonds. The molecule has 3 nitrogen and oxygen atoms in total. The van der Waals surface area contributed by atoms with Gasteiger partial charge in [-0.3, -0.25) is 5.10 Å². The van der Waals surface area contributed by atoms with Crippen molar-refractivity contribution in [1.82, 2.24) is 10.2 Å². The standard InChI is InChI=1S/C13H23N3/c1-8(2)7-14-13-12-10(4)5-9(3)6-11(12)15-16-13/h8-10H,5-7H2,1-4H3,(H2,14,15,16). The Hall–Kier alpha value is -0.990. The van der Waals surface area contributed by atoms with Crippen LogP contribution in [0.5, 0.6) is 0 Å². The van der Waals surface area contributed by atoms with E-state index in [-0.39, 0.29) is 0 Å². The maximum Gasteiger partial charge on any atom is 0.151 e. The van der Waals surface area contributed by atoms with E-state index in [1.807, 2.05) is 0 Å². The average Bonchev–Trinajstić information content (AvgIpc) is 2.57. The van der Waals surface area contributed by atoms with Crippen molar-refractivity contribution in [2.45, 2.75) is 46.5 Å². The van der Waals surface area contributed by atoms with Crippen molar-refractivity contribution in [2.75, 3.05) is 11.9 Å². The molecule has 1 aliphatic carbocycles. The fourth-order valence-electron chi connectivity index (χ4n) is 2.66. The van der Waals surface area contributed by atoms with E-state index in [0.717, 1.165) is 24.7 Å². The van der Waals surface area contributed by atoms with Crippen molar-refractivity contribution in [1.29, 1.82) is 0 Å². The molecule has 1 heterocycles. The minimum atomic E-state index is 0.632. The van der Waals surface area contributed by atoms with Crippen LogP contribution in [-0.2, 0) is 6.42 Å². The minimum Gasteiger partial charge on any atom is -0.368 e. The lowest BCUT2D eigenvalue weighted by molar-refractivity contribution is 0.446. The monoisotopic (exact) mass is 221 g/mol. The van der Waals surface area contributed by atoms with Crippen LogP contribution in [-0.4, -0.2) is 16.7 Å². The van der Waals surface area contributed by atoms with Crippen LogP contribution in [0.25, 0.3) is 0 Å². The third-order valence-electron chi connectivity index (χ3n) is 3.36. The highest BCUT2D eigenvalue weighted by Crippen LogP contribution is 2.37. The molecule has 0 saturated heterocycles. The van der Waals surface area contributed by atoms with Gasteiger partial charge in [-0.1, -0.05) is 27.7 Å². The predicted octanol–water partition coefficient (Wildman–Crippen LogP) is 3.16. The zero-order valence-corrected chi connectivity index (χ0v) is 10.8. The van der Waals surface area contributed by atoms with E-state index in [9.17, 15) is 0 Å². The number of rotatable bonds is 3. The Bertz CT molecular complexity index is 354. The first-order valence-electron chi connectivity index (χ1n) is 6.39. The molecular weight excluding hydrogens is 198 g/mol. The second-order valence-electron chi connectivity index (χ2n) is 5.69. The van der Waals surface area contributed by atoms with Crippen LogP contribution in [0.4, 0.5) is 5.82 Å². The summed E-state index contributed by atoms with van der Waals surface area (Å²) < 4.78 is 0. The van der Waals surface area contributed by atoms with Crippen LogP contribution >= 0.6 is 0 Å². The van der Waals surface area contributed by atoms with E-state index in [1.165, 1.54) is 17.7 Å². The summed E-state index contributed by atoms with van der Waals surface area (Å²) in [6, 6.07) is 0. The SMILES string of the molecule is CC(C)CNc1n[nH]c2c1C(C)CC(C)C2. The number of fused-ring (bicyclic) bond motifs is 1. The van der Waals surface area contributed by atoms with Crippen molar-refractivity contribution < 1.29 is 0 Å². The Morgan fingerprint density at radius 3 is 2.88 bits per heavy atom. The van der Waals surface area contributed by atoms with Gasteiger partial charge in [-0.05, 0) is 30.6 Å². The molecule has 0 bridgehead atoms. The lowest BCUT2D eigenvalue weighted by Gasteiger charge is -2.24. The van der Waals surface area contributed by atoms with Gasteiger partial charge in [0.15, 0.2) is 5.82 Å². The second kappa shape index (κ2) is 4.48. The van der Waals surface area contributed by atoms with Crippen molar-refractivity contribution >= 4 is 5.82 Å². The molecule has 0 aromatic carbocycles. The summed E-state index contributed by atoms with van der Waals surface area (Å²) in [6.45, 7) is 10.1. The summed E-state index contributed by atoms with van der Waals surface area (Å²) in [5.74, 6) is 3.15. The van der Waals surface area contributed by atoms with Crippen molar-refractivity contribution in [3.05, 3.63) is 11.3 Å². The molecule has 3 heteroatoms. The van der Waals surface area contributed by atoms with Crippen LogP contribution in [0.1, 0.15) is 51.3 Å². The number of nitrogens with one attached hydrogen (secondary N) is 2. The third-order valence-corrected chi connectivity index (χ3v) is 3.36. The van der Waals surface area contributed by atoms with Gasteiger partial charge in [0.05, 0.1) is 0 Å². The zero-order valence-electron chi connectivity index (χ0n) is 10.8. The lowest BCUT2D eigenvalue weighted by Crippen LogP contribution is -2.16. The highest BCUT2D eigenvalue weighted by atomic mass is 15.2. The molecule has 16 heavy (non-hydrogen) atoms. The van der Waals surface area contributed by atoms with Crippen molar-refractivity contribution in [3.8, 4) is 0 Å². The molecule has 0 fully saturated rings. The van der Waals surface area contributed by atoms with Crippen LogP contribution in [0.15, 0.2) is 0 Å². The molecule has 2 rings (SSSR count). The Morgan fingerprint density at radius 1 is 1.44 bits per heavy atom. The zero-order chi connectivity index (χ0) is 11.7. The molecule has 2 atom stereocenters. The normalized spacial score (nSPS) is 24.6. The topological polar surface area (TPSA) is 40.7 Å². The number of nitrogens with zero attached hydrogens (tertiary/aromatic N) is 1. The Balaban J connectivity index is 2.16. The summed E-state index contributed by atoms with van der Waals surface area (Å²) in [4.78, 5) is 0. The molecule has 1 aliphatic rings. The summed E-state index contributed by atoms with van der Waals surface area (Å²) in [5, 5.41) is 11.1. The summed E-state index contributed by atoms with van der Waals surface area (Å²) in [6.07, 6.45) is 2.43. The fourth-order valence-corrected chi connectivity index (χ4v) is 2.66. The Labute approximate surface area is 98.0 Å². The summed E-state index contributed by atoms with van der Waals surface area (Å²) in [5.41, 5.74) is 2.77. The Morgan fingerprint density at radius 2 is 2.19 bits per heavy atom. The largest absolute Gasteiger partial charge is 0.368 e. The van der Waals surface area contributed by atoms with Crippen LogP contribution < -0.4 is 5.32 Å². The first-order valence-corrected chi connectivity index (χ1v) is 6.39. The number of hydrogen-bond acceptors (Lipinski definition) is 2. The highest BCUT2D eigenvalue weighted by molar-refractivity contribution is 5.49. The number of hydrogen-bond donors (Lipinski definition) is 2. The maximum atomic E-state index is 4.42. The molecule has 1 aromatic rings. The van der Waals surface area contributed by atoms with E-state index in [1.54, 1.807) is 0 Å². The van der Waals surface area contributed by atoms with Crippen LogP contribution in [0, 0.1) is 11.8 Å². The van der Waals surface area contributed by atoms with E-state index in [0.29, 0.717) is 11.8 Å². The van der Waals surface area contributed by atoms with Gasteiger partial charge in [0.25, 0.3) is 0 Å². The molecule has 1 aromatic heterocycles. The van der Waals surface area contributed by atoms with E-state index >= 15 is 0 Å². The van der Waals surface area contributed by atoms with Gasteiger partial charge in [-0.15, -0.1) is 0 Å². The molecule has 2 unspecified atom stereocenters. The molecule has 2 N–H and O–H groups in total. The second-order valence-corrected chi connectivity index (χ2v) is 5.69. The van der Waals surface area contributed by atoms with Crippen LogP contribution in [0.2, 0.25) is 0 Å². The quantitative estimate of drug-likeness (QED) is 0.823. The van der Waals surface area contributed by atoms with Gasteiger partial charge in [0, 0.05) is 17.8 Å². The van der Waals surface area contributed by atoms with Crippen molar-refractivity contribution in [3.63, 3.8) is 0 Å². The smallest absolute Gasteiger partial charge is 0.151 e. The number of anilines is 1. The number of aromatic nitrogens is 2. The molecule has 0 saturated carbocycles. The highest BCUT2D eigenvalue weighted by Gasteiger charge is 2.26. The van der Waals surface area contributed by atoms with Gasteiger partial charge in [0.1, 0.15) is 0 Å². The molecule has 0 radical (unpaired) electrons. The van der Waals surface area contributed by atoms with E-state index in [4.69, 9.17) is 0 Å². The molecule has 0 aliphatic heterocycles. The number of aromatic amines is 1. The first kappa shape index (κ1) is 11.5. The fraction of sp³-hybridized carbons (Fsp3) is 0.769. The number of H-pyrrole nitrogens is 1. The summed E-state index contributed by atoms with van der Waals surface area (Å²) in [7, 11) is 0. The van der Waals surface area contributed by atoms with Gasteiger partial charge in [-0.25, -0.2) is 0 Å². The molecular formula is C13H23N3. The predicted molar refractivity (Wildman–Crippen MR) is 67.8 cm³/mol. The average molecular weight is 221 g/mol. The van der Waals surface area contributed by atoms with Gasteiger partial charge in [-0.2, -0.15) is 5.10 Å².